The fourth-order valence-corrected chi connectivity index (χ4v) is 3.58. The molecule has 0 spiro atoms. The zero-order valence-electron chi connectivity index (χ0n) is 13.2. The molecule has 0 aromatic rings. The van der Waals surface area contributed by atoms with Crippen molar-refractivity contribution in [3.05, 3.63) is 0 Å². The normalized spacial score (nSPS) is 31.1. The van der Waals surface area contributed by atoms with E-state index in [1.165, 1.54) is 12.8 Å². The average molecular weight is 296 g/mol. The number of carboxylic acids is 1. The molecular weight excluding hydrogens is 268 g/mol. The molecule has 2 rings (SSSR count). The van der Waals surface area contributed by atoms with Gasteiger partial charge in [-0.25, -0.2) is 0 Å². The summed E-state index contributed by atoms with van der Waals surface area (Å²) in [5.74, 6) is 0.442. The van der Waals surface area contributed by atoms with Crippen molar-refractivity contribution in [2.45, 2.75) is 52.0 Å². The predicted octanol–water partition coefficient (Wildman–Crippen LogP) is 1.72. The summed E-state index contributed by atoms with van der Waals surface area (Å²) in [6, 6.07) is 0.439. The third kappa shape index (κ3) is 4.19. The predicted molar refractivity (Wildman–Crippen MR) is 80.9 cm³/mol. The number of aliphatic carboxylic acids is 1. The number of carboxylic acid groups (broad SMARTS) is 1. The van der Waals surface area contributed by atoms with E-state index in [1.807, 2.05) is 4.90 Å². The van der Waals surface area contributed by atoms with Gasteiger partial charge in [-0.3, -0.25) is 9.59 Å². The Morgan fingerprint density at radius 1 is 1.14 bits per heavy atom. The van der Waals surface area contributed by atoms with Crippen molar-refractivity contribution in [1.29, 1.82) is 0 Å². The number of amides is 1. The van der Waals surface area contributed by atoms with E-state index in [9.17, 15) is 9.59 Å². The highest BCUT2D eigenvalue weighted by Crippen LogP contribution is 2.29. The Balaban J connectivity index is 1.74. The molecule has 1 heterocycles. The van der Waals surface area contributed by atoms with Crippen molar-refractivity contribution in [1.82, 2.24) is 10.2 Å². The zero-order valence-corrected chi connectivity index (χ0v) is 13.2. The largest absolute Gasteiger partial charge is 0.481 e. The van der Waals surface area contributed by atoms with E-state index < -0.39 is 5.97 Å². The standard InChI is InChI=1S/C16H28N2O3/c1-11-4-3-5-14(12(11)2)17-10-15(19)18-8-6-13(7-9-18)16(20)21/h11-14,17H,3-10H2,1-2H3,(H,20,21). The Hall–Kier alpha value is -1.10. The quantitative estimate of drug-likeness (QED) is 0.829. The molecule has 0 bridgehead atoms. The molecule has 0 aromatic carbocycles. The highest BCUT2D eigenvalue weighted by atomic mass is 16.4. The number of carbonyl (C=O) groups excluding carboxylic acids is 1. The maximum atomic E-state index is 12.2. The Bertz CT molecular complexity index is 378. The van der Waals surface area contributed by atoms with Crippen LogP contribution in [0.25, 0.3) is 0 Å². The lowest BCUT2D eigenvalue weighted by atomic mass is 9.78. The van der Waals surface area contributed by atoms with Crippen LogP contribution in [0.3, 0.4) is 0 Å². The maximum absolute atomic E-state index is 12.2. The van der Waals surface area contributed by atoms with Crippen molar-refractivity contribution in [3.63, 3.8) is 0 Å². The van der Waals surface area contributed by atoms with Crippen LogP contribution in [0, 0.1) is 17.8 Å². The molecule has 2 aliphatic rings. The minimum absolute atomic E-state index is 0.115. The first-order chi connectivity index (χ1) is 9.99. The van der Waals surface area contributed by atoms with Crippen LogP contribution < -0.4 is 5.32 Å². The molecule has 0 aromatic heterocycles. The molecule has 5 nitrogen and oxygen atoms in total. The first kappa shape index (κ1) is 16.3. The van der Waals surface area contributed by atoms with E-state index in [2.05, 4.69) is 19.2 Å². The van der Waals surface area contributed by atoms with Gasteiger partial charge in [0.05, 0.1) is 12.5 Å². The van der Waals surface area contributed by atoms with Crippen molar-refractivity contribution >= 4 is 11.9 Å². The minimum atomic E-state index is -0.731. The average Bonchev–Trinajstić information content (AvgIpc) is 2.48. The Morgan fingerprint density at radius 3 is 2.43 bits per heavy atom. The lowest BCUT2D eigenvalue weighted by Gasteiger charge is -2.36. The molecule has 21 heavy (non-hydrogen) atoms. The summed E-state index contributed by atoms with van der Waals surface area (Å²) in [5, 5.41) is 12.4. The van der Waals surface area contributed by atoms with Gasteiger partial charge in [0.1, 0.15) is 0 Å². The van der Waals surface area contributed by atoms with Crippen LogP contribution in [0.15, 0.2) is 0 Å². The Labute approximate surface area is 127 Å². The molecule has 0 radical (unpaired) electrons. The van der Waals surface area contributed by atoms with Gasteiger partial charge in [-0.15, -0.1) is 0 Å². The van der Waals surface area contributed by atoms with Crippen molar-refractivity contribution < 1.29 is 14.7 Å². The van der Waals surface area contributed by atoms with Gasteiger partial charge in [-0.2, -0.15) is 0 Å². The van der Waals surface area contributed by atoms with Crippen LogP contribution in [0.2, 0.25) is 0 Å². The Kier molecular flexibility index (Phi) is 5.62. The molecule has 3 unspecified atom stereocenters. The van der Waals surface area contributed by atoms with Crippen LogP contribution in [-0.2, 0) is 9.59 Å². The summed E-state index contributed by atoms with van der Waals surface area (Å²) < 4.78 is 0. The summed E-state index contributed by atoms with van der Waals surface area (Å²) in [7, 11) is 0. The van der Waals surface area contributed by atoms with E-state index in [-0.39, 0.29) is 11.8 Å². The Morgan fingerprint density at radius 2 is 1.81 bits per heavy atom. The van der Waals surface area contributed by atoms with Gasteiger partial charge >= 0.3 is 5.97 Å². The first-order valence-electron chi connectivity index (χ1n) is 8.23. The fourth-order valence-electron chi connectivity index (χ4n) is 3.58. The third-order valence-electron chi connectivity index (χ3n) is 5.42. The monoisotopic (exact) mass is 296 g/mol. The smallest absolute Gasteiger partial charge is 0.306 e. The third-order valence-corrected chi connectivity index (χ3v) is 5.42. The highest BCUT2D eigenvalue weighted by Gasteiger charge is 2.29. The van der Waals surface area contributed by atoms with Crippen LogP contribution >= 0.6 is 0 Å². The van der Waals surface area contributed by atoms with Gasteiger partial charge in [0.15, 0.2) is 0 Å². The summed E-state index contributed by atoms with van der Waals surface area (Å²) in [5.41, 5.74) is 0. The van der Waals surface area contributed by atoms with Gasteiger partial charge in [0, 0.05) is 19.1 Å². The first-order valence-corrected chi connectivity index (χ1v) is 8.23. The lowest BCUT2D eigenvalue weighted by molar-refractivity contribution is -0.145. The van der Waals surface area contributed by atoms with E-state index in [0.29, 0.717) is 44.4 Å². The summed E-state index contributed by atoms with van der Waals surface area (Å²) in [6.45, 7) is 6.10. The highest BCUT2D eigenvalue weighted by molar-refractivity contribution is 5.79. The van der Waals surface area contributed by atoms with Gasteiger partial charge in [-0.05, 0) is 31.1 Å². The number of rotatable bonds is 4. The molecule has 1 amide bonds. The van der Waals surface area contributed by atoms with Gasteiger partial charge in [0.2, 0.25) is 5.91 Å². The molecule has 3 atom stereocenters. The van der Waals surface area contributed by atoms with Gasteiger partial charge in [0.25, 0.3) is 0 Å². The van der Waals surface area contributed by atoms with Crippen LogP contribution in [0.5, 0.6) is 0 Å². The number of nitrogens with zero attached hydrogens (tertiary/aromatic N) is 1. The maximum Gasteiger partial charge on any atom is 0.306 e. The molecule has 1 saturated carbocycles. The second kappa shape index (κ2) is 7.25. The minimum Gasteiger partial charge on any atom is -0.481 e. The number of hydrogen-bond donors (Lipinski definition) is 2. The summed E-state index contributed by atoms with van der Waals surface area (Å²) >= 11 is 0. The molecule has 1 aliphatic carbocycles. The lowest BCUT2D eigenvalue weighted by Crippen LogP contribution is -2.48. The van der Waals surface area contributed by atoms with E-state index in [0.717, 1.165) is 12.3 Å². The van der Waals surface area contributed by atoms with Crippen LogP contribution in [-0.4, -0.2) is 47.6 Å². The van der Waals surface area contributed by atoms with Crippen molar-refractivity contribution in [2.75, 3.05) is 19.6 Å². The topological polar surface area (TPSA) is 69.6 Å². The van der Waals surface area contributed by atoms with Crippen molar-refractivity contribution in [3.8, 4) is 0 Å². The van der Waals surface area contributed by atoms with E-state index in [1.54, 1.807) is 0 Å². The van der Waals surface area contributed by atoms with Gasteiger partial charge in [-0.1, -0.05) is 26.7 Å². The number of nitrogens with one attached hydrogen (secondary N) is 1. The molecule has 1 saturated heterocycles. The van der Waals surface area contributed by atoms with Crippen molar-refractivity contribution in [2.24, 2.45) is 17.8 Å². The molecule has 2 fully saturated rings. The molecule has 5 heteroatoms. The number of likely N-dealkylation sites (tertiary alicyclic amines) is 1. The second-order valence-corrected chi connectivity index (χ2v) is 6.75. The van der Waals surface area contributed by atoms with E-state index >= 15 is 0 Å². The van der Waals surface area contributed by atoms with Crippen LogP contribution in [0.4, 0.5) is 0 Å². The van der Waals surface area contributed by atoms with E-state index in [4.69, 9.17) is 5.11 Å². The SMILES string of the molecule is CC1CCCC(NCC(=O)N2CCC(C(=O)O)CC2)C1C. The molecule has 2 N–H and O–H groups in total. The second-order valence-electron chi connectivity index (χ2n) is 6.75. The van der Waals surface area contributed by atoms with Crippen LogP contribution in [0.1, 0.15) is 46.0 Å². The number of carbonyl (C=O) groups is 2. The fraction of sp³-hybridized carbons (Fsp3) is 0.875. The zero-order chi connectivity index (χ0) is 15.4. The molecule has 120 valence electrons. The molecule has 1 aliphatic heterocycles. The number of piperidine rings is 1. The molecular formula is C16H28N2O3. The summed E-state index contributed by atoms with van der Waals surface area (Å²) in [4.78, 5) is 24.9. The summed E-state index contributed by atoms with van der Waals surface area (Å²) in [6.07, 6.45) is 4.84. The number of hydrogen-bond acceptors (Lipinski definition) is 3. The van der Waals surface area contributed by atoms with Gasteiger partial charge < -0.3 is 15.3 Å².